The fourth-order valence-corrected chi connectivity index (χ4v) is 1.94. The molecule has 0 atom stereocenters. The highest BCUT2D eigenvalue weighted by Crippen LogP contribution is 2.20. The van der Waals surface area contributed by atoms with Gasteiger partial charge >= 0.3 is 6.01 Å². The Kier molecular flexibility index (Phi) is 3.64. The summed E-state index contributed by atoms with van der Waals surface area (Å²) in [6.07, 6.45) is 3.64. The molecule has 2 aromatic heterocycles. The fourth-order valence-electron chi connectivity index (χ4n) is 1.75. The number of hydrogen-bond acceptors (Lipinski definition) is 5. The molecule has 3 aromatic rings. The highest BCUT2D eigenvalue weighted by atomic mass is 35.5. The van der Waals surface area contributed by atoms with Crippen LogP contribution in [0.25, 0.3) is 11.4 Å². The van der Waals surface area contributed by atoms with Crippen molar-refractivity contribution in [1.29, 1.82) is 0 Å². The van der Waals surface area contributed by atoms with Crippen molar-refractivity contribution >= 4 is 17.6 Å². The van der Waals surface area contributed by atoms with Crippen LogP contribution < -0.4 is 5.32 Å². The lowest BCUT2D eigenvalue weighted by Crippen LogP contribution is -2.10. The van der Waals surface area contributed by atoms with Crippen LogP contribution >= 0.6 is 11.6 Å². The Balaban J connectivity index is 1.62. The molecule has 3 rings (SSSR count). The number of halogens is 1. The highest BCUT2D eigenvalue weighted by molar-refractivity contribution is 6.30. The Morgan fingerprint density at radius 1 is 1.30 bits per heavy atom. The van der Waals surface area contributed by atoms with Gasteiger partial charge in [-0.25, -0.2) is 0 Å². The number of nitrogens with one attached hydrogen (secondary N) is 1. The van der Waals surface area contributed by atoms with Crippen molar-refractivity contribution in [3.8, 4) is 11.4 Å². The van der Waals surface area contributed by atoms with Gasteiger partial charge in [-0.3, -0.25) is 4.68 Å². The van der Waals surface area contributed by atoms with Crippen LogP contribution in [0.2, 0.25) is 5.02 Å². The van der Waals surface area contributed by atoms with E-state index in [1.54, 1.807) is 18.3 Å². The molecule has 0 bridgehead atoms. The summed E-state index contributed by atoms with van der Waals surface area (Å²) in [6, 6.07) is 9.58. The smallest absolute Gasteiger partial charge is 0.321 e. The summed E-state index contributed by atoms with van der Waals surface area (Å²) >= 11 is 5.93. The fraction of sp³-hybridized carbons (Fsp3) is 0.154. The van der Waals surface area contributed by atoms with Gasteiger partial charge in [-0.15, -0.1) is 0 Å². The molecule has 20 heavy (non-hydrogen) atoms. The van der Waals surface area contributed by atoms with E-state index in [4.69, 9.17) is 16.1 Å². The van der Waals surface area contributed by atoms with Crippen molar-refractivity contribution in [2.75, 3.05) is 11.9 Å². The number of anilines is 1. The Hall–Kier alpha value is -2.34. The number of nitrogens with zero attached hydrogens (tertiary/aromatic N) is 4. The maximum Gasteiger partial charge on any atom is 0.321 e. The van der Waals surface area contributed by atoms with Crippen LogP contribution in [0.5, 0.6) is 0 Å². The number of benzene rings is 1. The molecule has 0 saturated carbocycles. The lowest BCUT2D eigenvalue weighted by molar-refractivity contribution is 0.430. The summed E-state index contributed by atoms with van der Waals surface area (Å²) in [5, 5.41) is 11.7. The van der Waals surface area contributed by atoms with Gasteiger partial charge in [-0.2, -0.15) is 10.1 Å². The van der Waals surface area contributed by atoms with Gasteiger partial charge in [0.2, 0.25) is 5.82 Å². The molecule has 0 unspecified atom stereocenters. The molecule has 0 amide bonds. The lowest BCUT2D eigenvalue weighted by atomic mass is 10.2. The Bertz CT molecular complexity index is 680. The average Bonchev–Trinajstić information content (AvgIpc) is 3.10. The van der Waals surface area contributed by atoms with E-state index in [1.165, 1.54) is 0 Å². The summed E-state index contributed by atoms with van der Waals surface area (Å²) in [7, 11) is 0. The first-order valence-electron chi connectivity index (χ1n) is 6.12. The van der Waals surface area contributed by atoms with Gasteiger partial charge in [-0.1, -0.05) is 28.9 Å². The van der Waals surface area contributed by atoms with E-state index >= 15 is 0 Å². The third-order valence-electron chi connectivity index (χ3n) is 2.69. The van der Waals surface area contributed by atoms with Crippen LogP contribution in [0, 0.1) is 0 Å². The van der Waals surface area contributed by atoms with Crippen LogP contribution in [-0.4, -0.2) is 26.5 Å². The molecule has 0 saturated heterocycles. The van der Waals surface area contributed by atoms with Crippen molar-refractivity contribution in [2.45, 2.75) is 6.54 Å². The van der Waals surface area contributed by atoms with E-state index < -0.39 is 0 Å². The topological polar surface area (TPSA) is 68.8 Å². The molecule has 102 valence electrons. The van der Waals surface area contributed by atoms with Gasteiger partial charge in [0.1, 0.15) is 0 Å². The van der Waals surface area contributed by atoms with Crippen molar-refractivity contribution < 1.29 is 4.52 Å². The molecule has 6 nitrogen and oxygen atoms in total. The number of rotatable bonds is 5. The van der Waals surface area contributed by atoms with Gasteiger partial charge in [0.25, 0.3) is 0 Å². The molecule has 0 spiro atoms. The van der Waals surface area contributed by atoms with Crippen molar-refractivity contribution in [3.05, 3.63) is 47.7 Å². The molecular formula is C13H12ClN5O. The van der Waals surface area contributed by atoms with Gasteiger partial charge in [0.15, 0.2) is 0 Å². The minimum Gasteiger partial charge on any atom is -0.336 e. The minimum absolute atomic E-state index is 0.382. The van der Waals surface area contributed by atoms with E-state index in [1.807, 2.05) is 29.1 Å². The van der Waals surface area contributed by atoms with Crippen LogP contribution in [0.4, 0.5) is 6.01 Å². The molecule has 0 aliphatic heterocycles. The number of aromatic nitrogens is 4. The first-order valence-corrected chi connectivity index (χ1v) is 6.50. The Morgan fingerprint density at radius 3 is 3.05 bits per heavy atom. The largest absolute Gasteiger partial charge is 0.336 e. The molecule has 0 fully saturated rings. The summed E-state index contributed by atoms with van der Waals surface area (Å²) in [6.45, 7) is 1.38. The standard InChI is InChI=1S/C13H12ClN5O/c14-11-4-1-3-10(9-11)12-17-13(20-18-12)15-6-8-19-7-2-5-16-19/h1-5,7,9H,6,8H2,(H,15,17,18). The monoisotopic (exact) mass is 289 g/mol. The van der Waals surface area contributed by atoms with Crippen molar-refractivity contribution in [3.63, 3.8) is 0 Å². The van der Waals surface area contributed by atoms with Crippen molar-refractivity contribution in [1.82, 2.24) is 19.9 Å². The highest BCUT2D eigenvalue weighted by Gasteiger charge is 2.08. The average molecular weight is 290 g/mol. The van der Waals surface area contributed by atoms with Crippen LogP contribution in [-0.2, 0) is 6.54 Å². The quantitative estimate of drug-likeness (QED) is 0.782. The van der Waals surface area contributed by atoms with Gasteiger partial charge < -0.3 is 9.84 Å². The summed E-state index contributed by atoms with van der Waals surface area (Å²) in [4.78, 5) is 4.26. The van der Waals surface area contributed by atoms with Crippen LogP contribution in [0.3, 0.4) is 0 Å². The first-order chi connectivity index (χ1) is 9.81. The second-order valence-corrected chi connectivity index (χ2v) is 4.57. The van der Waals surface area contributed by atoms with Gasteiger partial charge in [-0.05, 0) is 18.2 Å². The lowest BCUT2D eigenvalue weighted by Gasteiger charge is -2.00. The molecule has 0 aliphatic rings. The van der Waals surface area contributed by atoms with E-state index in [2.05, 4.69) is 20.6 Å². The molecule has 0 aliphatic carbocycles. The predicted octanol–water partition coefficient (Wildman–Crippen LogP) is 2.70. The summed E-state index contributed by atoms with van der Waals surface area (Å²) in [5.41, 5.74) is 0.821. The number of hydrogen-bond donors (Lipinski definition) is 1. The molecule has 2 heterocycles. The zero-order valence-electron chi connectivity index (χ0n) is 10.5. The second kappa shape index (κ2) is 5.75. The predicted molar refractivity (Wildman–Crippen MR) is 75.5 cm³/mol. The minimum atomic E-state index is 0.382. The Morgan fingerprint density at radius 2 is 2.25 bits per heavy atom. The normalized spacial score (nSPS) is 10.7. The first kappa shape index (κ1) is 12.7. The van der Waals surface area contributed by atoms with E-state index in [-0.39, 0.29) is 0 Å². The van der Waals surface area contributed by atoms with E-state index in [0.29, 0.717) is 23.4 Å². The second-order valence-electron chi connectivity index (χ2n) is 4.13. The molecule has 7 heteroatoms. The summed E-state index contributed by atoms with van der Waals surface area (Å²) in [5.74, 6) is 0.508. The Labute approximate surface area is 120 Å². The molecular weight excluding hydrogens is 278 g/mol. The molecule has 1 N–H and O–H groups in total. The third kappa shape index (κ3) is 2.97. The maximum atomic E-state index is 5.93. The summed E-state index contributed by atoms with van der Waals surface area (Å²) < 4.78 is 6.95. The van der Waals surface area contributed by atoms with E-state index in [9.17, 15) is 0 Å². The maximum absolute atomic E-state index is 5.93. The van der Waals surface area contributed by atoms with Gasteiger partial charge in [0.05, 0.1) is 6.54 Å². The molecule has 0 radical (unpaired) electrons. The van der Waals surface area contributed by atoms with E-state index in [0.717, 1.165) is 12.1 Å². The third-order valence-corrected chi connectivity index (χ3v) is 2.92. The zero-order chi connectivity index (χ0) is 13.8. The zero-order valence-corrected chi connectivity index (χ0v) is 11.3. The van der Waals surface area contributed by atoms with Crippen LogP contribution in [0.15, 0.2) is 47.2 Å². The molecule has 1 aromatic carbocycles. The van der Waals surface area contributed by atoms with Crippen LogP contribution in [0.1, 0.15) is 0 Å². The SMILES string of the molecule is Clc1cccc(-c2noc(NCCn3cccn3)n2)c1. The van der Waals surface area contributed by atoms with Gasteiger partial charge in [0, 0.05) is 29.5 Å². The van der Waals surface area contributed by atoms with Crippen molar-refractivity contribution in [2.24, 2.45) is 0 Å².